The van der Waals surface area contributed by atoms with Crippen molar-refractivity contribution in [2.45, 2.75) is 13.2 Å². The molecule has 8 heteroatoms. The Labute approximate surface area is 149 Å². The number of carbonyl (C=O) groups is 2. The van der Waals surface area contributed by atoms with Crippen molar-refractivity contribution in [3.8, 4) is 11.5 Å². The Kier molecular flexibility index (Phi) is 7.35. The molecule has 0 aliphatic heterocycles. The fourth-order valence-electron chi connectivity index (χ4n) is 1.95. The maximum Gasteiger partial charge on any atom is 0.387 e. The van der Waals surface area contributed by atoms with Crippen molar-refractivity contribution in [1.82, 2.24) is 10.6 Å². The zero-order valence-electron chi connectivity index (χ0n) is 13.8. The fourth-order valence-corrected chi connectivity index (χ4v) is 1.95. The minimum atomic E-state index is -2.88. The van der Waals surface area contributed by atoms with Crippen LogP contribution in [0.1, 0.15) is 5.56 Å². The summed E-state index contributed by atoms with van der Waals surface area (Å²) >= 11 is 0. The molecule has 0 aliphatic rings. The van der Waals surface area contributed by atoms with Crippen LogP contribution in [-0.4, -0.2) is 31.6 Å². The van der Waals surface area contributed by atoms with Crippen molar-refractivity contribution < 1.29 is 27.8 Å². The molecule has 0 unspecified atom stereocenters. The molecule has 0 heterocycles. The largest absolute Gasteiger partial charge is 0.484 e. The van der Waals surface area contributed by atoms with Gasteiger partial charge in [0.15, 0.2) is 6.61 Å². The van der Waals surface area contributed by atoms with Gasteiger partial charge in [-0.2, -0.15) is 8.78 Å². The molecule has 0 saturated heterocycles. The first-order valence-electron chi connectivity index (χ1n) is 7.78. The van der Waals surface area contributed by atoms with E-state index in [1.165, 1.54) is 12.1 Å². The number of ether oxygens (including phenoxy) is 2. The number of hydrogen-bond acceptors (Lipinski definition) is 4. The van der Waals surface area contributed by atoms with Gasteiger partial charge in [-0.3, -0.25) is 9.59 Å². The van der Waals surface area contributed by atoms with E-state index in [-0.39, 0.29) is 31.4 Å². The van der Waals surface area contributed by atoms with E-state index >= 15 is 0 Å². The van der Waals surface area contributed by atoms with E-state index in [0.29, 0.717) is 11.3 Å². The summed E-state index contributed by atoms with van der Waals surface area (Å²) in [6.07, 6.45) is 0. The van der Waals surface area contributed by atoms with Crippen LogP contribution in [0.5, 0.6) is 11.5 Å². The summed E-state index contributed by atoms with van der Waals surface area (Å²) in [7, 11) is 0. The number of rotatable bonds is 9. The molecule has 6 nitrogen and oxygen atoms in total. The summed E-state index contributed by atoms with van der Waals surface area (Å²) in [5, 5.41) is 5.05. The van der Waals surface area contributed by atoms with E-state index in [4.69, 9.17) is 4.74 Å². The van der Waals surface area contributed by atoms with Gasteiger partial charge in [-0.25, -0.2) is 0 Å². The number of carbonyl (C=O) groups excluding carboxylic acids is 2. The maximum atomic E-state index is 12.1. The summed E-state index contributed by atoms with van der Waals surface area (Å²) < 4.78 is 33.6. The van der Waals surface area contributed by atoms with E-state index in [9.17, 15) is 18.4 Å². The smallest absolute Gasteiger partial charge is 0.387 e. The molecule has 0 fully saturated rings. The molecular formula is C18H18F2N2O4. The predicted octanol–water partition coefficient (Wildman–Crippen LogP) is 2.10. The van der Waals surface area contributed by atoms with Crippen molar-refractivity contribution in [1.29, 1.82) is 0 Å². The lowest BCUT2D eigenvalue weighted by molar-refractivity contribution is -0.127. The molecule has 0 radical (unpaired) electrons. The molecule has 0 bridgehead atoms. The maximum absolute atomic E-state index is 12.1. The third-order valence-electron chi connectivity index (χ3n) is 3.20. The Hall–Kier alpha value is -3.16. The molecule has 2 N–H and O–H groups in total. The van der Waals surface area contributed by atoms with E-state index in [2.05, 4.69) is 15.4 Å². The predicted molar refractivity (Wildman–Crippen MR) is 89.9 cm³/mol. The monoisotopic (exact) mass is 364 g/mol. The van der Waals surface area contributed by atoms with Crippen molar-refractivity contribution in [2.24, 2.45) is 0 Å². The molecule has 0 saturated carbocycles. The molecule has 0 atom stereocenters. The zero-order valence-corrected chi connectivity index (χ0v) is 13.8. The van der Waals surface area contributed by atoms with Gasteiger partial charge in [-0.1, -0.05) is 30.3 Å². The second kappa shape index (κ2) is 9.97. The van der Waals surface area contributed by atoms with Crippen molar-refractivity contribution in [3.05, 3.63) is 60.2 Å². The minimum Gasteiger partial charge on any atom is -0.484 e. The minimum absolute atomic E-state index is 0.0424. The lowest BCUT2D eigenvalue weighted by atomic mass is 10.2. The van der Waals surface area contributed by atoms with Crippen molar-refractivity contribution in [2.75, 3.05) is 13.2 Å². The van der Waals surface area contributed by atoms with Crippen LogP contribution in [0.3, 0.4) is 0 Å². The number of amides is 2. The van der Waals surface area contributed by atoms with Crippen molar-refractivity contribution >= 4 is 11.8 Å². The van der Waals surface area contributed by atoms with Crippen LogP contribution in [-0.2, 0) is 16.1 Å². The number of para-hydroxylation sites is 1. The molecule has 0 aliphatic carbocycles. The van der Waals surface area contributed by atoms with E-state index in [0.717, 1.165) is 0 Å². The Morgan fingerprint density at radius 1 is 0.885 bits per heavy atom. The summed E-state index contributed by atoms with van der Waals surface area (Å²) in [6.45, 7) is -3.06. The van der Waals surface area contributed by atoms with Crippen LogP contribution in [0.15, 0.2) is 54.6 Å². The van der Waals surface area contributed by atoms with Gasteiger partial charge in [-0.15, -0.1) is 0 Å². The van der Waals surface area contributed by atoms with Gasteiger partial charge in [0.25, 0.3) is 5.91 Å². The van der Waals surface area contributed by atoms with Crippen LogP contribution >= 0.6 is 0 Å². The molecule has 2 aromatic rings. The van der Waals surface area contributed by atoms with Crippen LogP contribution in [0.4, 0.5) is 8.78 Å². The molecule has 138 valence electrons. The van der Waals surface area contributed by atoms with E-state index in [1.54, 1.807) is 36.4 Å². The highest BCUT2D eigenvalue weighted by molar-refractivity contribution is 5.85. The summed E-state index contributed by atoms with van der Waals surface area (Å²) in [4.78, 5) is 23.3. The SMILES string of the molecule is O=C(CNC(=O)COc1ccccc1)NCc1ccc(OC(F)F)cc1. The molecule has 0 aromatic heterocycles. The van der Waals surface area contributed by atoms with Gasteiger partial charge in [-0.05, 0) is 29.8 Å². The van der Waals surface area contributed by atoms with Crippen LogP contribution in [0.25, 0.3) is 0 Å². The standard InChI is InChI=1S/C18H18F2N2O4/c19-18(20)26-15-8-6-13(7-9-15)10-21-16(23)11-22-17(24)12-25-14-4-2-1-3-5-14/h1-9,18H,10-12H2,(H,21,23)(H,22,24). The Bertz CT molecular complexity index is 709. The third-order valence-corrected chi connectivity index (χ3v) is 3.20. The number of benzene rings is 2. The number of hydrogen-bond donors (Lipinski definition) is 2. The Balaban J connectivity index is 1.64. The second-order valence-corrected chi connectivity index (χ2v) is 5.18. The first-order valence-corrected chi connectivity index (χ1v) is 7.78. The highest BCUT2D eigenvalue weighted by Crippen LogP contribution is 2.14. The second-order valence-electron chi connectivity index (χ2n) is 5.18. The topological polar surface area (TPSA) is 76.7 Å². The molecule has 2 amide bonds. The van der Waals surface area contributed by atoms with Crippen LogP contribution < -0.4 is 20.1 Å². The Morgan fingerprint density at radius 2 is 1.58 bits per heavy atom. The lowest BCUT2D eigenvalue weighted by Gasteiger charge is -2.09. The normalized spacial score (nSPS) is 10.3. The average Bonchev–Trinajstić information content (AvgIpc) is 2.64. The molecule has 2 rings (SSSR count). The molecule has 0 spiro atoms. The number of nitrogens with one attached hydrogen (secondary N) is 2. The summed E-state index contributed by atoms with van der Waals surface area (Å²) in [6, 6.07) is 14.7. The molecule has 2 aromatic carbocycles. The summed E-state index contributed by atoms with van der Waals surface area (Å²) in [5.74, 6) is -0.199. The van der Waals surface area contributed by atoms with Gasteiger partial charge in [0.2, 0.25) is 5.91 Å². The Morgan fingerprint density at radius 3 is 2.23 bits per heavy atom. The van der Waals surface area contributed by atoms with Gasteiger partial charge < -0.3 is 20.1 Å². The van der Waals surface area contributed by atoms with Crippen LogP contribution in [0, 0.1) is 0 Å². The molecular weight excluding hydrogens is 346 g/mol. The summed E-state index contributed by atoms with van der Waals surface area (Å²) in [5.41, 5.74) is 0.707. The number of halogens is 2. The van der Waals surface area contributed by atoms with Crippen LogP contribution in [0.2, 0.25) is 0 Å². The quantitative estimate of drug-likeness (QED) is 0.714. The van der Waals surface area contributed by atoms with E-state index in [1.807, 2.05) is 6.07 Å². The highest BCUT2D eigenvalue weighted by Gasteiger charge is 2.07. The zero-order chi connectivity index (χ0) is 18.8. The first kappa shape index (κ1) is 19.2. The number of alkyl halides is 2. The van der Waals surface area contributed by atoms with Gasteiger partial charge in [0.1, 0.15) is 11.5 Å². The van der Waals surface area contributed by atoms with Crippen molar-refractivity contribution in [3.63, 3.8) is 0 Å². The average molecular weight is 364 g/mol. The third kappa shape index (κ3) is 7.16. The lowest BCUT2D eigenvalue weighted by Crippen LogP contribution is -2.38. The van der Waals surface area contributed by atoms with Gasteiger partial charge >= 0.3 is 6.61 Å². The molecule has 26 heavy (non-hydrogen) atoms. The van der Waals surface area contributed by atoms with Gasteiger partial charge in [0.05, 0.1) is 6.54 Å². The first-order chi connectivity index (χ1) is 12.5. The van der Waals surface area contributed by atoms with Gasteiger partial charge in [0, 0.05) is 6.54 Å². The fraction of sp³-hybridized carbons (Fsp3) is 0.222. The highest BCUT2D eigenvalue weighted by atomic mass is 19.3. The van der Waals surface area contributed by atoms with E-state index < -0.39 is 12.5 Å².